The molecule has 1 aromatic carbocycles. The Kier molecular flexibility index (Phi) is 3.73. The Balaban J connectivity index is 1.93. The minimum Gasteiger partial charge on any atom is -0.501 e. The van der Waals surface area contributed by atoms with Gasteiger partial charge >= 0.3 is 0 Å². The quantitative estimate of drug-likeness (QED) is 0.836. The molecule has 24 heavy (non-hydrogen) atoms. The van der Waals surface area contributed by atoms with Gasteiger partial charge in [0, 0.05) is 28.3 Å². The maximum atomic E-state index is 6.04. The van der Waals surface area contributed by atoms with E-state index >= 15 is 0 Å². The number of fused-ring (bicyclic) bond motifs is 2. The molecular formula is C18H17ClN4O. The van der Waals surface area contributed by atoms with Gasteiger partial charge in [0.2, 0.25) is 0 Å². The van der Waals surface area contributed by atoms with Crippen molar-refractivity contribution in [1.29, 1.82) is 0 Å². The van der Waals surface area contributed by atoms with Crippen molar-refractivity contribution in [2.45, 2.75) is 26.3 Å². The van der Waals surface area contributed by atoms with Gasteiger partial charge in [-0.1, -0.05) is 23.7 Å². The Morgan fingerprint density at radius 3 is 2.67 bits per heavy atom. The number of benzene rings is 1. The minimum atomic E-state index is 0.502. The first-order valence-corrected chi connectivity index (χ1v) is 8.25. The largest absolute Gasteiger partial charge is 0.501 e. The van der Waals surface area contributed by atoms with Crippen molar-refractivity contribution in [1.82, 2.24) is 14.8 Å². The molecule has 6 heteroatoms. The second-order valence-electron chi connectivity index (χ2n) is 5.85. The fourth-order valence-corrected chi connectivity index (χ4v) is 3.37. The third-order valence-electron chi connectivity index (χ3n) is 4.40. The van der Waals surface area contributed by atoms with Gasteiger partial charge in [-0.2, -0.15) is 0 Å². The van der Waals surface area contributed by atoms with Crippen LogP contribution >= 0.6 is 11.6 Å². The van der Waals surface area contributed by atoms with E-state index in [1.54, 1.807) is 7.11 Å². The summed E-state index contributed by atoms with van der Waals surface area (Å²) >= 11 is 6.04. The maximum Gasteiger partial charge on any atom is 0.159 e. The molecule has 0 saturated carbocycles. The van der Waals surface area contributed by atoms with E-state index in [1.165, 1.54) is 5.70 Å². The average Bonchev–Trinajstić information content (AvgIpc) is 2.88. The SMILES string of the molecule is COC1=CC2=C(CC1)n1c(C)nnc1CN=C2c1ccc(Cl)cc1. The van der Waals surface area contributed by atoms with Gasteiger partial charge in [0.1, 0.15) is 12.4 Å². The van der Waals surface area contributed by atoms with Crippen molar-refractivity contribution in [3.05, 3.63) is 63.9 Å². The van der Waals surface area contributed by atoms with E-state index in [-0.39, 0.29) is 0 Å². The van der Waals surface area contributed by atoms with Crippen LogP contribution in [-0.4, -0.2) is 27.6 Å². The molecular weight excluding hydrogens is 324 g/mol. The van der Waals surface area contributed by atoms with Crippen LogP contribution in [0.15, 0.2) is 46.7 Å². The number of rotatable bonds is 2. The summed E-state index contributed by atoms with van der Waals surface area (Å²) < 4.78 is 7.62. The molecule has 0 fully saturated rings. The molecule has 122 valence electrons. The second-order valence-corrected chi connectivity index (χ2v) is 6.28. The zero-order valence-electron chi connectivity index (χ0n) is 13.6. The average molecular weight is 341 g/mol. The van der Waals surface area contributed by atoms with Crippen molar-refractivity contribution < 1.29 is 4.74 Å². The predicted octanol–water partition coefficient (Wildman–Crippen LogP) is 3.78. The fraction of sp³-hybridized carbons (Fsp3) is 0.278. The van der Waals surface area contributed by atoms with Crippen LogP contribution < -0.4 is 0 Å². The van der Waals surface area contributed by atoms with Gasteiger partial charge in [0.15, 0.2) is 5.82 Å². The van der Waals surface area contributed by atoms with E-state index in [4.69, 9.17) is 21.3 Å². The van der Waals surface area contributed by atoms with Crippen molar-refractivity contribution >= 4 is 23.0 Å². The Hall–Kier alpha value is -2.40. The molecule has 0 unspecified atom stereocenters. The van der Waals surface area contributed by atoms with Gasteiger partial charge in [-0.25, -0.2) is 0 Å². The number of aryl methyl sites for hydroxylation is 1. The lowest BCUT2D eigenvalue weighted by atomic mass is 9.93. The molecule has 0 amide bonds. The van der Waals surface area contributed by atoms with Crippen LogP contribution in [-0.2, 0) is 11.3 Å². The summed E-state index contributed by atoms with van der Waals surface area (Å²) in [7, 11) is 1.71. The van der Waals surface area contributed by atoms with E-state index in [9.17, 15) is 0 Å². The minimum absolute atomic E-state index is 0.502. The lowest BCUT2D eigenvalue weighted by Gasteiger charge is -2.21. The van der Waals surface area contributed by atoms with E-state index in [0.717, 1.165) is 47.1 Å². The Morgan fingerprint density at radius 2 is 1.92 bits per heavy atom. The highest BCUT2D eigenvalue weighted by molar-refractivity contribution is 6.30. The summed E-state index contributed by atoms with van der Waals surface area (Å²) in [4.78, 5) is 4.82. The van der Waals surface area contributed by atoms with Crippen molar-refractivity contribution in [3.63, 3.8) is 0 Å². The molecule has 0 bridgehead atoms. The Morgan fingerprint density at radius 1 is 1.12 bits per heavy atom. The van der Waals surface area contributed by atoms with Crippen LogP contribution in [0.3, 0.4) is 0 Å². The number of nitrogens with zero attached hydrogens (tertiary/aromatic N) is 4. The molecule has 1 aromatic heterocycles. The van der Waals surface area contributed by atoms with Crippen LogP contribution in [0.2, 0.25) is 5.02 Å². The lowest BCUT2D eigenvalue weighted by molar-refractivity contribution is 0.276. The first-order valence-electron chi connectivity index (χ1n) is 7.87. The van der Waals surface area contributed by atoms with Crippen LogP contribution in [0.5, 0.6) is 0 Å². The zero-order chi connectivity index (χ0) is 16.7. The number of aliphatic imine (C=N–C) groups is 1. The topological polar surface area (TPSA) is 52.3 Å². The Bertz CT molecular complexity index is 890. The third-order valence-corrected chi connectivity index (χ3v) is 4.65. The van der Waals surface area contributed by atoms with E-state index in [0.29, 0.717) is 11.6 Å². The summed E-state index contributed by atoms with van der Waals surface area (Å²) in [6, 6.07) is 7.78. The highest BCUT2D eigenvalue weighted by Crippen LogP contribution is 2.34. The molecule has 5 nitrogen and oxygen atoms in total. The van der Waals surface area contributed by atoms with Crippen LogP contribution in [0.25, 0.3) is 5.70 Å². The summed E-state index contributed by atoms with van der Waals surface area (Å²) in [6.07, 6.45) is 3.81. The molecule has 1 aliphatic heterocycles. The summed E-state index contributed by atoms with van der Waals surface area (Å²) in [5, 5.41) is 9.22. The maximum absolute atomic E-state index is 6.04. The normalized spacial score (nSPS) is 16.8. The zero-order valence-corrected chi connectivity index (χ0v) is 14.3. The molecule has 0 spiro atoms. The molecule has 0 radical (unpaired) electrons. The third kappa shape index (κ3) is 2.45. The van der Waals surface area contributed by atoms with Gasteiger partial charge in [-0.3, -0.25) is 9.56 Å². The van der Waals surface area contributed by atoms with Crippen molar-refractivity contribution in [3.8, 4) is 0 Å². The van der Waals surface area contributed by atoms with Crippen LogP contribution in [0.4, 0.5) is 0 Å². The number of ether oxygens (including phenoxy) is 1. The van der Waals surface area contributed by atoms with Gasteiger partial charge in [-0.15, -0.1) is 10.2 Å². The Labute approximate surface area is 145 Å². The molecule has 4 rings (SSSR count). The summed E-state index contributed by atoms with van der Waals surface area (Å²) in [5.41, 5.74) is 4.24. The van der Waals surface area contributed by atoms with Gasteiger partial charge in [-0.05, 0) is 31.6 Å². The number of allylic oxidation sites excluding steroid dienone is 4. The molecule has 0 N–H and O–H groups in total. The van der Waals surface area contributed by atoms with Gasteiger partial charge < -0.3 is 4.74 Å². The molecule has 0 atom stereocenters. The lowest BCUT2D eigenvalue weighted by Crippen LogP contribution is -2.13. The molecule has 2 aromatic rings. The number of halogens is 1. The summed E-state index contributed by atoms with van der Waals surface area (Å²) in [5.74, 6) is 2.72. The molecule has 2 aliphatic rings. The molecule has 0 saturated heterocycles. The number of methoxy groups -OCH3 is 1. The number of aromatic nitrogens is 3. The second kappa shape index (κ2) is 5.91. The van der Waals surface area contributed by atoms with Crippen LogP contribution in [0, 0.1) is 6.92 Å². The highest BCUT2D eigenvalue weighted by Gasteiger charge is 2.26. The number of hydrogen-bond donors (Lipinski definition) is 0. The molecule has 1 aliphatic carbocycles. The van der Waals surface area contributed by atoms with Gasteiger partial charge in [0.05, 0.1) is 18.6 Å². The standard InChI is InChI=1S/C18H17ClN4O/c1-11-21-22-17-10-20-18(12-3-5-13(19)6-4-12)15-9-14(24-2)7-8-16(15)23(11)17/h3-6,9H,7-8,10H2,1-2H3. The van der Waals surface area contributed by atoms with Crippen molar-refractivity contribution in [2.24, 2.45) is 4.99 Å². The van der Waals surface area contributed by atoms with Crippen LogP contribution in [0.1, 0.15) is 30.1 Å². The van der Waals surface area contributed by atoms with E-state index < -0.39 is 0 Å². The fourth-order valence-electron chi connectivity index (χ4n) is 3.24. The predicted molar refractivity (Wildman–Crippen MR) is 94.0 cm³/mol. The molecule has 2 heterocycles. The van der Waals surface area contributed by atoms with Gasteiger partial charge in [0.25, 0.3) is 0 Å². The smallest absolute Gasteiger partial charge is 0.159 e. The summed E-state index contributed by atoms with van der Waals surface area (Å²) in [6.45, 7) is 2.48. The number of hydrogen-bond acceptors (Lipinski definition) is 4. The van der Waals surface area contributed by atoms with Crippen molar-refractivity contribution in [2.75, 3.05) is 7.11 Å². The first kappa shape index (κ1) is 15.1. The highest BCUT2D eigenvalue weighted by atomic mass is 35.5. The van der Waals surface area contributed by atoms with E-state index in [1.807, 2.05) is 31.2 Å². The van der Waals surface area contributed by atoms with E-state index in [2.05, 4.69) is 20.8 Å². The monoisotopic (exact) mass is 340 g/mol. The first-order chi connectivity index (χ1) is 11.7.